The normalized spacial score (nSPS) is 23.4. The van der Waals surface area contributed by atoms with Crippen molar-refractivity contribution in [1.29, 1.82) is 0 Å². The molecule has 1 aliphatic carbocycles. The first-order chi connectivity index (χ1) is 17.6. The number of carbonyl (C=O) groups is 1. The standard InChI is InChI=1S/C29H34FN3O3/c30-23-7-9-25-27(15-23)36-32-29(25)20-11-13-33(14-12-20)17-21-3-1-2-4-22(21)18-35-24-8-5-19-6-10-28(34)31-26(19)16-24/h5,7-9,15-16,20-22H,1-4,6,10-14,17-18H2,(H,31,34)/t21-,22-/m0/s1. The molecule has 3 aliphatic rings. The first kappa shape index (κ1) is 23.5. The van der Waals surface area contributed by atoms with Gasteiger partial charge < -0.3 is 19.5 Å². The molecule has 2 fully saturated rings. The minimum absolute atomic E-state index is 0.0846. The Morgan fingerprint density at radius 1 is 1.03 bits per heavy atom. The van der Waals surface area contributed by atoms with Crippen molar-refractivity contribution < 1.29 is 18.4 Å². The third-order valence-corrected chi connectivity index (χ3v) is 8.44. The second-order valence-corrected chi connectivity index (χ2v) is 10.8. The van der Waals surface area contributed by atoms with Crippen LogP contribution < -0.4 is 10.1 Å². The van der Waals surface area contributed by atoms with Gasteiger partial charge in [0.25, 0.3) is 0 Å². The van der Waals surface area contributed by atoms with Gasteiger partial charge in [0.1, 0.15) is 11.6 Å². The number of piperidine rings is 1. The lowest BCUT2D eigenvalue weighted by atomic mass is 9.79. The third kappa shape index (κ3) is 4.99. The summed E-state index contributed by atoms with van der Waals surface area (Å²) in [5.41, 5.74) is 3.61. The highest BCUT2D eigenvalue weighted by molar-refractivity contribution is 5.94. The maximum atomic E-state index is 13.5. The first-order valence-electron chi connectivity index (χ1n) is 13.4. The average Bonchev–Trinajstić information content (AvgIpc) is 3.31. The number of hydrogen-bond acceptors (Lipinski definition) is 5. The van der Waals surface area contributed by atoms with Gasteiger partial charge in [-0.15, -0.1) is 0 Å². The van der Waals surface area contributed by atoms with Crippen molar-refractivity contribution in [3.63, 3.8) is 0 Å². The van der Waals surface area contributed by atoms with Crippen LogP contribution in [0.25, 0.3) is 11.0 Å². The fourth-order valence-corrected chi connectivity index (χ4v) is 6.33. The Kier molecular flexibility index (Phi) is 6.65. The highest BCUT2D eigenvalue weighted by Gasteiger charge is 2.31. The van der Waals surface area contributed by atoms with Gasteiger partial charge in [0.05, 0.1) is 12.3 Å². The van der Waals surface area contributed by atoms with Crippen molar-refractivity contribution in [1.82, 2.24) is 10.1 Å². The molecule has 7 heteroatoms. The molecule has 1 saturated carbocycles. The topological polar surface area (TPSA) is 67.6 Å². The van der Waals surface area contributed by atoms with E-state index in [1.807, 2.05) is 12.1 Å². The fourth-order valence-electron chi connectivity index (χ4n) is 6.33. The Bertz CT molecular complexity index is 1230. The number of ether oxygens (including phenoxy) is 1. The average molecular weight is 492 g/mol. The van der Waals surface area contributed by atoms with Crippen LogP contribution in [0.15, 0.2) is 40.9 Å². The number of aromatic nitrogens is 1. The van der Waals surface area contributed by atoms with E-state index in [0.717, 1.165) is 68.0 Å². The molecule has 0 bridgehead atoms. The summed E-state index contributed by atoms with van der Waals surface area (Å²) in [7, 11) is 0. The molecule has 3 heterocycles. The monoisotopic (exact) mass is 491 g/mol. The van der Waals surface area contributed by atoms with Gasteiger partial charge in [-0.25, -0.2) is 4.39 Å². The molecule has 6 rings (SSSR count). The quantitative estimate of drug-likeness (QED) is 0.464. The van der Waals surface area contributed by atoms with Crippen LogP contribution in [0.4, 0.5) is 10.1 Å². The lowest BCUT2D eigenvalue weighted by Crippen LogP contribution is -2.40. The Hall–Kier alpha value is -2.93. The number of halogens is 1. The number of aryl methyl sites for hydroxylation is 1. The summed E-state index contributed by atoms with van der Waals surface area (Å²) >= 11 is 0. The number of fused-ring (bicyclic) bond motifs is 2. The van der Waals surface area contributed by atoms with Crippen LogP contribution in [0.2, 0.25) is 0 Å². The summed E-state index contributed by atoms with van der Waals surface area (Å²) < 4.78 is 25.2. The van der Waals surface area contributed by atoms with Gasteiger partial charge in [-0.1, -0.05) is 24.1 Å². The zero-order chi connectivity index (χ0) is 24.5. The smallest absolute Gasteiger partial charge is 0.224 e. The first-order valence-corrected chi connectivity index (χ1v) is 13.4. The van der Waals surface area contributed by atoms with E-state index in [9.17, 15) is 9.18 Å². The molecule has 2 aromatic carbocycles. The molecule has 0 spiro atoms. The predicted molar refractivity (Wildman–Crippen MR) is 137 cm³/mol. The molecule has 36 heavy (non-hydrogen) atoms. The minimum Gasteiger partial charge on any atom is -0.493 e. The predicted octanol–water partition coefficient (Wildman–Crippen LogP) is 5.92. The van der Waals surface area contributed by atoms with Crippen LogP contribution >= 0.6 is 0 Å². The number of carbonyl (C=O) groups excluding carboxylic acids is 1. The van der Waals surface area contributed by atoms with E-state index < -0.39 is 0 Å². The van der Waals surface area contributed by atoms with Gasteiger partial charge in [0, 0.05) is 42.1 Å². The highest BCUT2D eigenvalue weighted by Crippen LogP contribution is 2.36. The molecule has 190 valence electrons. The number of anilines is 1. The molecular formula is C29H34FN3O3. The number of hydrogen-bond donors (Lipinski definition) is 1. The van der Waals surface area contributed by atoms with E-state index >= 15 is 0 Å². The number of nitrogens with zero attached hydrogens (tertiary/aromatic N) is 2. The molecule has 1 N–H and O–H groups in total. The van der Waals surface area contributed by atoms with Crippen molar-refractivity contribution >= 4 is 22.6 Å². The number of amides is 1. The van der Waals surface area contributed by atoms with Gasteiger partial charge in [-0.3, -0.25) is 4.79 Å². The highest BCUT2D eigenvalue weighted by atomic mass is 19.1. The van der Waals surface area contributed by atoms with Crippen LogP contribution in [-0.4, -0.2) is 42.2 Å². The zero-order valence-corrected chi connectivity index (χ0v) is 20.7. The summed E-state index contributed by atoms with van der Waals surface area (Å²) in [6.07, 6.45) is 8.49. The zero-order valence-electron chi connectivity index (χ0n) is 20.7. The summed E-state index contributed by atoms with van der Waals surface area (Å²) in [6.45, 7) is 3.95. The van der Waals surface area contributed by atoms with E-state index in [1.54, 1.807) is 6.07 Å². The van der Waals surface area contributed by atoms with E-state index in [4.69, 9.17) is 9.26 Å². The lowest BCUT2D eigenvalue weighted by Gasteiger charge is -2.38. The lowest BCUT2D eigenvalue weighted by molar-refractivity contribution is -0.116. The SMILES string of the molecule is O=C1CCc2ccc(OC[C@@H]3CCCC[C@H]3CN3CCC(c4noc5cc(F)ccc45)CC3)cc2N1. The Labute approximate surface area is 211 Å². The Morgan fingerprint density at radius 2 is 1.86 bits per heavy atom. The van der Waals surface area contributed by atoms with Gasteiger partial charge in [-0.05, 0) is 80.8 Å². The third-order valence-electron chi connectivity index (χ3n) is 8.44. The molecule has 2 aliphatic heterocycles. The van der Waals surface area contributed by atoms with Crippen LogP contribution in [0, 0.1) is 17.7 Å². The second kappa shape index (κ2) is 10.2. The van der Waals surface area contributed by atoms with E-state index in [2.05, 4.69) is 21.4 Å². The van der Waals surface area contributed by atoms with Crippen LogP contribution in [0.3, 0.4) is 0 Å². The van der Waals surface area contributed by atoms with E-state index in [-0.39, 0.29) is 11.7 Å². The second-order valence-electron chi connectivity index (χ2n) is 10.8. The maximum Gasteiger partial charge on any atom is 0.224 e. The van der Waals surface area contributed by atoms with Gasteiger partial charge in [-0.2, -0.15) is 0 Å². The van der Waals surface area contributed by atoms with Crippen molar-refractivity contribution in [2.45, 2.75) is 57.3 Å². The fraction of sp³-hybridized carbons (Fsp3) is 0.517. The number of likely N-dealkylation sites (tertiary alicyclic amines) is 1. The number of nitrogens with one attached hydrogen (secondary N) is 1. The summed E-state index contributed by atoms with van der Waals surface area (Å²) in [6, 6.07) is 10.8. The van der Waals surface area contributed by atoms with Crippen LogP contribution in [0.5, 0.6) is 5.75 Å². The van der Waals surface area contributed by atoms with Crippen LogP contribution in [0.1, 0.15) is 62.1 Å². The van der Waals surface area contributed by atoms with E-state index in [0.29, 0.717) is 29.8 Å². The molecule has 1 amide bonds. The summed E-state index contributed by atoms with van der Waals surface area (Å²) in [5, 5.41) is 8.22. The van der Waals surface area contributed by atoms with Crippen molar-refractivity contribution in [3.8, 4) is 5.75 Å². The molecule has 1 saturated heterocycles. The van der Waals surface area contributed by atoms with Crippen molar-refractivity contribution in [2.75, 3.05) is 31.6 Å². The van der Waals surface area contributed by atoms with E-state index in [1.165, 1.54) is 43.4 Å². The number of benzene rings is 2. The van der Waals surface area contributed by atoms with Crippen molar-refractivity contribution in [3.05, 3.63) is 53.5 Å². The maximum absolute atomic E-state index is 13.5. The van der Waals surface area contributed by atoms with Gasteiger partial charge in [0.2, 0.25) is 5.91 Å². The number of rotatable bonds is 6. The molecule has 3 aromatic rings. The molecule has 0 unspecified atom stereocenters. The minimum atomic E-state index is -0.288. The van der Waals surface area contributed by atoms with Gasteiger partial charge in [0.15, 0.2) is 5.58 Å². The molecule has 0 radical (unpaired) electrons. The molecule has 1 aromatic heterocycles. The molecule has 2 atom stereocenters. The summed E-state index contributed by atoms with van der Waals surface area (Å²) in [4.78, 5) is 14.4. The molecular weight excluding hydrogens is 457 g/mol. The Balaban J connectivity index is 1.04. The summed E-state index contributed by atoms with van der Waals surface area (Å²) in [5.74, 6) is 2.20. The molecule has 6 nitrogen and oxygen atoms in total. The van der Waals surface area contributed by atoms with Gasteiger partial charge >= 0.3 is 0 Å². The Morgan fingerprint density at radius 3 is 2.72 bits per heavy atom. The van der Waals surface area contributed by atoms with Crippen molar-refractivity contribution in [2.24, 2.45) is 11.8 Å². The van der Waals surface area contributed by atoms with Crippen LogP contribution in [-0.2, 0) is 11.2 Å². The largest absolute Gasteiger partial charge is 0.493 e.